The first-order valence-electron chi connectivity index (χ1n) is 7.86. The van der Waals surface area contributed by atoms with Crippen LogP contribution in [0.25, 0.3) is 10.9 Å². The van der Waals surface area contributed by atoms with Crippen molar-refractivity contribution in [1.82, 2.24) is 15.2 Å². The van der Waals surface area contributed by atoms with Crippen LogP contribution in [0.4, 0.5) is 5.69 Å². The molecular formula is C17H24N4. The average Bonchev–Trinajstić information content (AvgIpc) is 2.52. The molecule has 2 heterocycles. The largest absolute Gasteiger partial charge is 0.384 e. The van der Waals surface area contributed by atoms with Gasteiger partial charge in [0.05, 0.1) is 5.52 Å². The van der Waals surface area contributed by atoms with Crippen molar-refractivity contribution in [1.29, 1.82) is 0 Å². The number of pyridine rings is 1. The van der Waals surface area contributed by atoms with Crippen molar-refractivity contribution >= 4 is 16.6 Å². The SMILES string of the molecule is Cc1cc(NCCCN2CCNCC2)c2ccccc2n1. The number of nitrogens with zero attached hydrogens (tertiary/aromatic N) is 2. The van der Waals surface area contributed by atoms with E-state index in [0.29, 0.717) is 0 Å². The van der Waals surface area contributed by atoms with E-state index in [1.54, 1.807) is 0 Å². The highest BCUT2D eigenvalue weighted by atomic mass is 15.2. The van der Waals surface area contributed by atoms with E-state index in [0.717, 1.165) is 30.8 Å². The number of aromatic nitrogens is 1. The number of anilines is 1. The molecule has 112 valence electrons. The van der Waals surface area contributed by atoms with E-state index in [9.17, 15) is 0 Å². The van der Waals surface area contributed by atoms with Gasteiger partial charge in [0.25, 0.3) is 0 Å². The molecule has 0 amide bonds. The molecule has 1 aromatic heterocycles. The Bertz CT molecular complexity index is 590. The van der Waals surface area contributed by atoms with Crippen molar-refractivity contribution in [3.05, 3.63) is 36.0 Å². The van der Waals surface area contributed by atoms with E-state index in [1.807, 2.05) is 6.07 Å². The van der Waals surface area contributed by atoms with E-state index >= 15 is 0 Å². The van der Waals surface area contributed by atoms with Crippen molar-refractivity contribution in [3.63, 3.8) is 0 Å². The van der Waals surface area contributed by atoms with Crippen LogP contribution in [0.2, 0.25) is 0 Å². The van der Waals surface area contributed by atoms with Gasteiger partial charge in [0.1, 0.15) is 0 Å². The van der Waals surface area contributed by atoms with Gasteiger partial charge in [0.2, 0.25) is 0 Å². The molecule has 4 nitrogen and oxygen atoms in total. The van der Waals surface area contributed by atoms with Crippen molar-refractivity contribution in [3.8, 4) is 0 Å². The Morgan fingerprint density at radius 1 is 1.24 bits per heavy atom. The van der Waals surface area contributed by atoms with Crippen molar-refractivity contribution in [2.24, 2.45) is 0 Å². The number of hydrogen-bond donors (Lipinski definition) is 2. The lowest BCUT2D eigenvalue weighted by atomic mass is 10.1. The van der Waals surface area contributed by atoms with Crippen LogP contribution in [0.1, 0.15) is 12.1 Å². The maximum absolute atomic E-state index is 4.58. The fraction of sp³-hybridized carbons (Fsp3) is 0.471. The summed E-state index contributed by atoms with van der Waals surface area (Å²) >= 11 is 0. The minimum Gasteiger partial charge on any atom is -0.384 e. The van der Waals surface area contributed by atoms with E-state index in [2.05, 4.69) is 51.7 Å². The lowest BCUT2D eigenvalue weighted by Crippen LogP contribution is -2.44. The van der Waals surface area contributed by atoms with Crippen LogP contribution < -0.4 is 10.6 Å². The van der Waals surface area contributed by atoms with Gasteiger partial charge < -0.3 is 15.5 Å². The van der Waals surface area contributed by atoms with Crippen molar-refractivity contribution in [2.45, 2.75) is 13.3 Å². The van der Waals surface area contributed by atoms with Crippen LogP contribution in [-0.4, -0.2) is 49.2 Å². The van der Waals surface area contributed by atoms with Crippen LogP contribution in [-0.2, 0) is 0 Å². The summed E-state index contributed by atoms with van der Waals surface area (Å²) in [6, 6.07) is 10.5. The Balaban J connectivity index is 1.57. The van der Waals surface area contributed by atoms with Gasteiger partial charge in [0, 0.05) is 49.5 Å². The number of benzene rings is 1. The van der Waals surface area contributed by atoms with Gasteiger partial charge in [0.15, 0.2) is 0 Å². The third kappa shape index (κ3) is 3.71. The highest BCUT2D eigenvalue weighted by Gasteiger charge is 2.08. The lowest BCUT2D eigenvalue weighted by molar-refractivity contribution is 0.240. The summed E-state index contributed by atoms with van der Waals surface area (Å²) in [5.41, 5.74) is 3.35. The molecule has 21 heavy (non-hydrogen) atoms. The van der Waals surface area contributed by atoms with E-state index < -0.39 is 0 Å². The highest BCUT2D eigenvalue weighted by molar-refractivity contribution is 5.91. The summed E-state index contributed by atoms with van der Waals surface area (Å²) in [4.78, 5) is 7.12. The van der Waals surface area contributed by atoms with Crippen LogP contribution >= 0.6 is 0 Å². The lowest BCUT2D eigenvalue weighted by Gasteiger charge is -2.27. The van der Waals surface area contributed by atoms with Crippen LogP contribution in [0.3, 0.4) is 0 Å². The van der Waals surface area contributed by atoms with Gasteiger partial charge in [-0.1, -0.05) is 18.2 Å². The monoisotopic (exact) mass is 284 g/mol. The number of hydrogen-bond acceptors (Lipinski definition) is 4. The smallest absolute Gasteiger partial charge is 0.0725 e. The zero-order valence-corrected chi connectivity index (χ0v) is 12.7. The molecule has 1 saturated heterocycles. The molecule has 0 atom stereocenters. The molecule has 0 aliphatic carbocycles. The van der Waals surface area contributed by atoms with Gasteiger partial charge in [-0.25, -0.2) is 0 Å². The molecule has 2 aromatic rings. The number of piperazine rings is 1. The zero-order chi connectivity index (χ0) is 14.5. The summed E-state index contributed by atoms with van der Waals surface area (Å²) in [6.45, 7) is 8.85. The molecule has 0 unspecified atom stereocenters. The fourth-order valence-electron chi connectivity index (χ4n) is 2.91. The predicted molar refractivity (Wildman–Crippen MR) is 88.9 cm³/mol. The Kier molecular flexibility index (Phi) is 4.68. The zero-order valence-electron chi connectivity index (χ0n) is 12.7. The van der Waals surface area contributed by atoms with Gasteiger partial charge in [-0.15, -0.1) is 0 Å². The van der Waals surface area contributed by atoms with Crippen LogP contribution in [0, 0.1) is 6.92 Å². The maximum atomic E-state index is 4.58. The molecule has 0 bridgehead atoms. The van der Waals surface area contributed by atoms with E-state index in [4.69, 9.17) is 0 Å². The van der Waals surface area contributed by atoms with E-state index in [-0.39, 0.29) is 0 Å². The summed E-state index contributed by atoms with van der Waals surface area (Å²) < 4.78 is 0. The molecule has 1 aliphatic rings. The van der Waals surface area contributed by atoms with Crippen LogP contribution in [0.15, 0.2) is 30.3 Å². The quantitative estimate of drug-likeness (QED) is 0.826. The normalized spacial score (nSPS) is 16.2. The number of fused-ring (bicyclic) bond motifs is 1. The first kappa shape index (κ1) is 14.3. The Hall–Kier alpha value is -1.65. The molecular weight excluding hydrogens is 260 g/mol. The molecule has 1 fully saturated rings. The predicted octanol–water partition coefficient (Wildman–Crippen LogP) is 2.25. The Labute approximate surface area is 126 Å². The summed E-state index contributed by atoms with van der Waals surface area (Å²) in [5, 5.41) is 8.19. The number of aryl methyl sites for hydroxylation is 1. The van der Waals surface area contributed by atoms with Gasteiger partial charge >= 0.3 is 0 Å². The minimum absolute atomic E-state index is 1.01. The fourth-order valence-corrected chi connectivity index (χ4v) is 2.91. The molecule has 2 N–H and O–H groups in total. The number of para-hydroxylation sites is 1. The van der Waals surface area contributed by atoms with E-state index in [1.165, 1.54) is 37.1 Å². The molecule has 0 radical (unpaired) electrons. The second-order valence-electron chi connectivity index (χ2n) is 5.70. The molecule has 0 saturated carbocycles. The topological polar surface area (TPSA) is 40.2 Å². The standard InChI is InChI=1S/C17H24N4/c1-14-13-17(15-5-2-3-6-16(15)20-14)19-7-4-10-21-11-8-18-9-12-21/h2-3,5-6,13,18H,4,7-12H2,1H3,(H,19,20). The minimum atomic E-state index is 1.01. The molecule has 1 aliphatic heterocycles. The number of rotatable bonds is 5. The summed E-state index contributed by atoms with van der Waals surface area (Å²) in [5.74, 6) is 0. The van der Waals surface area contributed by atoms with Gasteiger partial charge in [-0.2, -0.15) is 0 Å². The van der Waals surface area contributed by atoms with Crippen LogP contribution in [0.5, 0.6) is 0 Å². The Morgan fingerprint density at radius 3 is 2.90 bits per heavy atom. The van der Waals surface area contributed by atoms with Crippen molar-refractivity contribution in [2.75, 3.05) is 44.6 Å². The second kappa shape index (κ2) is 6.87. The molecule has 0 spiro atoms. The first-order chi connectivity index (χ1) is 10.3. The second-order valence-corrected chi connectivity index (χ2v) is 5.70. The summed E-state index contributed by atoms with van der Waals surface area (Å²) in [7, 11) is 0. The maximum Gasteiger partial charge on any atom is 0.0725 e. The third-order valence-corrected chi connectivity index (χ3v) is 4.02. The number of nitrogens with one attached hydrogen (secondary N) is 2. The Morgan fingerprint density at radius 2 is 2.05 bits per heavy atom. The first-order valence-corrected chi connectivity index (χ1v) is 7.86. The summed E-state index contributed by atoms with van der Waals surface area (Å²) in [6.07, 6.45) is 1.18. The molecule has 4 heteroatoms. The molecule has 1 aromatic carbocycles. The van der Waals surface area contributed by atoms with Crippen molar-refractivity contribution < 1.29 is 0 Å². The average molecular weight is 284 g/mol. The van der Waals surface area contributed by atoms with Gasteiger partial charge in [-0.05, 0) is 32.0 Å². The molecule has 3 rings (SSSR count). The highest BCUT2D eigenvalue weighted by Crippen LogP contribution is 2.22. The van der Waals surface area contributed by atoms with Gasteiger partial charge in [-0.3, -0.25) is 4.98 Å². The third-order valence-electron chi connectivity index (χ3n) is 4.02.